The van der Waals surface area contributed by atoms with Gasteiger partial charge >= 0.3 is 0 Å². The van der Waals surface area contributed by atoms with Gasteiger partial charge in [0.15, 0.2) is 0 Å². The highest BCUT2D eigenvalue weighted by atomic mass is 32.2. The van der Waals surface area contributed by atoms with Crippen LogP contribution in [-0.4, -0.2) is 35.1 Å². The van der Waals surface area contributed by atoms with Crippen molar-refractivity contribution in [2.45, 2.75) is 16.7 Å². The van der Waals surface area contributed by atoms with Crippen LogP contribution in [0.15, 0.2) is 93.6 Å². The molecule has 0 spiro atoms. The maximum absolute atomic E-state index is 12.9. The number of imide groups is 1. The topological polar surface area (TPSA) is 75.7 Å². The minimum absolute atomic E-state index is 0.292. The largest absolute Gasteiger partial charge is 0.494 e. The fourth-order valence-electron chi connectivity index (χ4n) is 3.23. The van der Waals surface area contributed by atoms with Gasteiger partial charge in [0, 0.05) is 15.5 Å². The van der Waals surface area contributed by atoms with Gasteiger partial charge in [-0.25, -0.2) is 0 Å². The molecule has 1 heterocycles. The summed E-state index contributed by atoms with van der Waals surface area (Å²) in [4.78, 5) is 41.2. The molecular weight excluding hydrogens is 468 g/mol. The van der Waals surface area contributed by atoms with Gasteiger partial charge in [0.2, 0.25) is 5.91 Å². The van der Waals surface area contributed by atoms with Gasteiger partial charge < -0.3 is 10.1 Å². The van der Waals surface area contributed by atoms with E-state index < -0.39 is 17.1 Å². The van der Waals surface area contributed by atoms with Crippen LogP contribution >= 0.6 is 23.5 Å². The molecule has 0 atom stereocenters. The average molecular weight is 491 g/mol. The number of ether oxygens (including phenoxy) is 1. The van der Waals surface area contributed by atoms with Gasteiger partial charge in [-0.2, -0.15) is 0 Å². The molecule has 1 fully saturated rings. The quantitative estimate of drug-likeness (QED) is 0.396. The average Bonchev–Trinajstić information content (AvgIpc) is 3.10. The van der Waals surface area contributed by atoms with Crippen LogP contribution in [0.3, 0.4) is 0 Å². The van der Waals surface area contributed by atoms with Gasteiger partial charge in [0.1, 0.15) is 12.3 Å². The molecule has 0 bridgehead atoms. The normalized spacial score (nSPS) is 14.5. The van der Waals surface area contributed by atoms with E-state index in [9.17, 15) is 14.4 Å². The number of nitrogens with zero attached hydrogens (tertiary/aromatic N) is 1. The Morgan fingerprint density at radius 1 is 1.00 bits per heavy atom. The number of carbonyl (C=O) groups excluding carboxylic acids is 3. The van der Waals surface area contributed by atoms with Gasteiger partial charge in [0.25, 0.3) is 11.1 Å². The predicted molar refractivity (Wildman–Crippen MR) is 136 cm³/mol. The number of rotatable bonds is 8. The van der Waals surface area contributed by atoms with Crippen molar-refractivity contribution < 1.29 is 19.1 Å². The summed E-state index contributed by atoms with van der Waals surface area (Å²) in [6.45, 7) is 2.09. The number of nitrogens with one attached hydrogen (secondary N) is 1. The van der Waals surface area contributed by atoms with Crippen LogP contribution in [0.4, 0.5) is 10.5 Å². The molecule has 1 aliphatic heterocycles. The number of anilines is 1. The predicted octanol–water partition coefficient (Wildman–Crippen LogP) is 5.91. The lowest BCUT2D eigenvalue weighted by Gasteiger charge is -2.13. The van der Waals surface area contributed by atoms with E-state index in [-0.39, 0.29) is 6.54 Å². The standard InChI is InChI=1S/C26H22N2O4S2/c1-2-32-20-14-12-19(13-15-20)27-24(29)17-28-25(30)23(34-26(28)31)16-18-8-6-7-11-22(18)33-21-9-4-3-5-10-21/h3-16H,2,17H2,1H3,(H,27,29)/b23-16-. The van der Waals surface area contributed by atoms with Gasteiger partial charge in [-0.15, -0.1) is 0 Å². The summed E-state index contributed by atoms with van der Waals surface area (Å²) in [5.74, 6) is -0.230. The van der Waals surface area contributed by atoms with E-state index in [1.807, 2.05) is 61.5 Å². The third-order valence-corrected chi connectivity index (χ3v) is 6.81. The zero-order chi connectivity index (χ0) is 23.9. The fourth-order valence-corrected chi connectivity index (χ4v) is 5.00. The first kappa shape index (κ1) is 23.7. The number of benzene rings is 3. The smallest absolute Gasteiger partial charge is 0.294 e. The Morgan fingerprint density at radius 2 is 1.71 bits per heavy atom. The Labute approximate surface area is 206 Å². The van der Waals surface area contributed by atoms with Crippen LogP contribution in [0.5, 0.6) is 5.75 Å². The van der Waals surface area contributed by atoms with Crippen LogP contribution in [0, 0.1) is 0 Å². The maximum Gasteiger partial charge on any atom is 0.294 e. The Kier molecular flexibility index (Phi) is 7.72. The Morgan fingerprint density at radius 3 is 2.44 bits per heavy atom. The van der Waals surface area contributed by atoms with Crippen LogP contribution in [0.1, 0.15) is 12.5 Å². The van der Waals surface area contributed by atoms with Crippen LogP contribution in [-0.2, 0) is 9.59 Å². The molecule has 0 aliphatic carbocycles. The van der Waals surface area contributed by atoms with Gasteiger partial charge in [-0.05, 0) is 72.8 Å². The van der Waals surface area contributed by atoms with E-state index in [0.29, 0.717) is 22.9 Å². The molecule has 0 aromatic heterocycles. The second-order valence-corrected chi connectivity index (χ2v) is 9.33. The molecule has 8 heteroatoms. The van der Waals surface area contributed by atoms with E-state index in [1.165, 1.54) is 0 Å². The maximum atomic E-state index is 12.9. The number of carbonyl (C=O) groups is 3. The molecule has 3 aromatic carbocycles. The molecule has 0 saturated carbocycles. The number of amides is 3. The fraction of sp³-hybridized carbons (Fsp3) is 0.115. The van der Waals surface area contributed by atoms with Crippen LogP contribution < -0.4 is 10.1 Å². The SMILES string of the molecule is CCOc1ccc(NC(=O)CN2C(=O)S/C(=C\c3ccccc3Sc3ccccc3)C2=O)cc1. The lowest BCUT2D eigenvalue weighted by Crippen LogP contribution is -2.36. The van der Waals surface area contributed by atoms with E-state index in [1.54, 1.807) is 42.1 Å². The minimum atomic E-state index is -0.476. The molecule has 4 rings (SSSR count). The Bertz CT molecular complexity index is 1230. The second-order valence-electron chi connectivity index (χ2n) is 7.23. The Hall–Kier alpha value is -3.49. The molecule has 3 amide bonds. The van der Waals surface area contributed by atoms with E-state index in [0.717, 1.165) is 32.0 Å². The molecule has 172 valence electrons. The first-order valence-corrected chi connectivity index (χ1v) is 12.3. The minimum Gasteiger partial charge on any atom is -0.494 e. The highest BCUT2D eigenvalue weighted by Gasteiger charge is 2.36. The highest BCUT2D eigenvalue weighted by Crippen LogP contribution is 2.36. The van der Waals surface area contributed by atoms with Crippen molar-refractivity contribution in [2.24, 2.45) is 0 Å². The summed E-state index contributed by atoms with van der Waals surface area (Å²) in [7, 11) is 0. The highest BCUT2D eigenvalue weighted by molar-refractivity contribution is 8.18. The van der Waals surface area contributed by atoms with Crippen molar-refractivity contribution in [3.8, 4) is 5.75 Å². The lowest BCUT2D eigenvalue weighted by atomic mass is 10.2. The van der Waals surface area contributed by atoms with Crippen molar-refractivity contribution in [3.63, 3.8) is 0 Å². The first-order valence-electron chi connectivity index (χ1n) is 10.6. The summed E-state index contributed by atoms with van der Waals surface area (Å²) in [5.41, 5.74) is 1.39. The summed E-state index contributed by atoms with van der Waals surface area (Å²) < 4.78 is 5.38. The molecule has 1 aliphatic rings. The van der Waals surface area contributed by atoms with E-state index >= 15 is 0 Å². The third-order valence-electron chi connectivity index (χ3n) is 4.80. The lowest BCUT2D eigenvalue weighted by molar-refractivity contribution is -0.127. The summed E-state index contributed by atoms with van der Waals surface area (Å²) >= 11 is 2.42. The van der Waals surface area contributed by atoms with Gasteiger partial charge in [-0.1, -0.05) is 48.2 Å². The van der Waals surface area contributed by atoms with Crippen LogP contribution in [0.25, 0.3) is 6.08 Å². The second kappa shape index (κ2) is 11.1. The number of hydrogen-bond donors (Lipinski definition) is 1. The monoisotopic (exact) mass is 490 g/mol. The summed E-state index contributed by atoms with van der Waals surface area (Å²) in [6, 6.07) is 24.5. The molecule has 1 saturated heterocycles. The van der Waals surface area contributed by atoms with Gasteiger partial charge in [-0.3, -0.25) is 19.3 Å². The number of thioether (sulfide) groups is 1. The van der Waals surface area contributed by atoms with Crippen LogP contribution in [0.2, 0.25) is 0 Å². The van der Waals surface area contributed by atoms with Crippen molar-refractivity contribution in [1.82, 2.24) is 4.90 Å². The van der Waals surface area contributed by atoms with Gasteiger partial charge in [0.05, 0.1) is 11.5 Å². The van der Waals surface area contributed by atoms with Crippen molar-refractivity contribution >= 4 is 52.3 Å². The van der Waals surface area contributed by atoms with Crippen molar-refractivity contribution in [1.29, 1.82) is 0 Å². The molecule has 6 nitrogen and oxygen atoms in total. The summed E-state index contributed by atoms with van der Waals surface area (Å²) in [5, 5.41) is 2.24. The molecule has 0 radical (unpaired) electrons. The zero-order valence-electron chi connectivity index (χ0n) is 18.4. The molecule has 0 unspecified atom stereocenters. The Balaban J connectivity index is 1.44. The van der Waals surface area contributed by atoms with E-state index in [4.69, 9.17) is 4.74 Å². The summed E-state index contributed by atoms with van der Waals surface area (Å²) in [6.07, 6.45) is 1.71. The van der Waals surface area contributed by atoms with Crippen molar-refractivity contribution in [3.05, 3.63) is 89.3 Å². The van der Waals surface area contributed by atoms with Crippen molar-refractivity contribution in [2.75, 3.05) is 18.5 Å². The molecular formula is C26H22N2O4S2. The zero-order valence-corrected chi connectivity index (χ0v) is 20.0. The van der Waals surface area contributed by atoms with E-state index in [2.05, 4.69) is 5.32 Å². The molecule has 3 aromatic rings. The third kappa shape index (κ3) is 5.89. The first-order chi connectivity index (χ1) is 16.5. The molecule has 34 heavy (non-hydrogen) atoms. The number of hydrogen-bond acceptors (Lipinski definition) is 6. The molecule has 1 N–H and O–H groups in total.